The van der Waals surface area contributed by atoms with Crippen LogP contribution in [0.1, 0.15) is 28.9 Å². The Hall–Kier alpha value is -3.37. The third kappa shape index (κ3) is 5.65. The fourth-order valence-electron chi connectivity index (χ4n) is 4.36. The quantitative estimate of drug-likeness (QED) is 0.455. The predicted molar refractivity (Wildman–Crippen MR) is 135 cm³/mol. The van der Waals surface area contributed by atoms with Gasteiger partial charge in [-0.15, -0.1) is 0 Å². The summed E-state index contributed by atoms with van der Waals surface area (Å²) >= 11 is 0. The molecule has 0 N–H and O–H groups in total. The van der Waals surface area contributed by atoms with Gasteiger partial charge in [-0.3, -0.25) is 4.79 Å². The lowest BCUT2D eigenvalue weighted by Crippen LogP contribution is -2.49. The second kappa shape index (κ2) is 10.5. The van der Waals surface area contributed by atoms with E-state index in [1.54, 1.807) is 19.2 Å². The van der Waals surface area contributed by atoms with Gasteiger partial charge in [0.1, 0.15) is 17.5 Å². The summed E-state index contributed by atoms with van der Waals surface area (Å²) in [6, 6.07) is 11.8. The number of hydrogen-bond donors (Lipinski definition) is 0. The molecule has 1 aliphatic rings. The average molecular weight is 533 g/mol. The molecule has 10 heteroatoms. The van der Waals surface area contributed by atoms with Crippen molar-refractivity contribution in [1.82, 2.24) is 4.90 Å². The van der Waals surface area contributed by atoms with Crippen molar-refractivity contribution in [1.29, 1.82) is 0 Å². The summed E-state index contributed by atoms with van der Waals surface area (Å²) in [5.41, 5.74) is 1.25. The van der Waals surface area contributed by atoms with Crippen molar-refractivity contribution in [2.24, 2.45) is 0 Å². The number of methoxy groups -OCH3 is 1. The first kappa shape index (κ1) is 26.7. The van der Waals surface area contributed by atoms with Gasteiger partial charge in [0.2, 0.25) is 0 Å². The third-order valence-corrected chi connectivity index (χ3v) is 7.68. The largest absolute Gasteiger partial charge is 0.377 e. The molecule has 0 bridgehead atoms. The third-order valence-electron chi connectivity index (χ3n) is 6.57. The monoisotopic (exact) mass is 532 g/mol. The zero-order valence-electron chi connectivity index (χ0n) is 20.7. The molecule has 3 aromatic carbocycles. The van der Waals surface area contributed by atoms with Crippen molar-refractivity contribution >= 4 is 21.4 Å². The molecule has 1 saturated heterocycles. The standard InChI is InChI=1S/C27H27F3N2O4S/c1-17(36-2)18-4-9-26(25(30)14-18)31-10-12-32(13-11-31)27(33)23-16-20(37(3,34)35)6-8-21(23)22-7-5-19(28)15-24(22)29/h4-9,14-17H,10-13H2,1-3H3. The molecule has 6 nitrogen and oxygen atoms in total. The number of amides is 1. The maximum absolute atomic E-state index is 14.8. The number of piperazine rings is 1. The van der Waals surface area contributed by atoms with Crippen LogP contribution in [0, 0.1) is 17.5 Å². The maximum Gasteiger partial charge on any atom is 0.254 e. The van der Waals surface area contributed by atoms with E-state index in [0.717, 1.165) is 12.3 Å². The number of hydrogen-bond acceptors (Lipinski definition) is 5. The summed E-state index contributed by atoms with van der Waals surface area (Å²) in [5.74, 6) is -2.52. The average Bonchev–Trinajstić information content (AvgIpc) is 2.87. The molecule has 0 radical (unpaired) electrons. The van der Waals surface area contributed by atoms with E-state index in [1.165, 1.54) is 35.2 Å². The summed E-state index contributed by atoms with van der Waals surface area (Å²) < 4.78 is 72.5. The molecule has 3 aromatic rings. The van der Waals surface area contributed by atoms with Gasteiger partial charge in [0, 0.05) is 56.7 Å². The highest BCUT2D eigenvalue weighted by molar-refractivity contribution is 7.90. The first-order valence-corrected chi connectivity index (χ1v) is 13.5. The van der Waals surface area contributed by atoms with Gasteiger partial charge in [0.05, 0.1) is 16.7 Å². The van der Waals surface area contributed by atoms with Gasteiger partial charge in [-0.1, -0.05) is 12.1 Å². The Morgan fingerprint density at radius 2 is 1.57 bits per heavy atom. The van der Waals surface area contributed by atoms with E-state index < -0.39 is 33.2 Å². The minimum atomic E-state index is -3.65. The highest BCUT2D eigenvalue weighted by atomic mass is 32.2. The molecule has 1 atom stereocenters. The van der Waals surface area contributed by atoms with Crippen LogP contribution in [0.25, 0.3) is 11.1 Å². The predicted octanol–water partition coefficient (Wildman–Crippen LogP) is 4.84. The molecule has 1 amide bonds. The zero-order chi connectivity index (χ0) is 26.9. The number of carbonyl (C=O) groups excluding carboxylic acids is 1. The first-order valence-electron chi connectivity index (χ1n) is 11.7. The van der Waals surface area contributed by atoms with Crippen LogP contribution >= 0.6 is 0 Å². The molecule has 0 aliphatic carbocycles. The molecular weight excluding hydrogens is 505 g/mol. The first-order chi connectivity index (χ1) is 17.5. The Bertz CT molecular complexity index is 1440. The normalized spacial score (nSPS) is 15.1. The minimum absolute atomic E-state index is 0.00836. The molecule has 37 heavy (non-hydrogen) atoms. The molecule has 4 rings (SSSR count). The lowest BCUT2D eigenvalue weighted by atomic mass is 9.98. The van der Waals surface area contributed by atoms with Gasteiger partial charge < -0.3 is 14.5 Å². The Kier molecular flexibility index (Phi) is 7.61. The zero-order valence-corrected chi connectivity index (χ0v) is 21.5. The SMILES string of the molecule is COC(C)c1ccc(N2CCN(C(=O)c3cc(S(C)(=O)=O)ccc3-c3ccc(F)cc3F)CC2)c(F)c1. The molecular formula is C27H27F3N2O4S. The molecule has 1 unspecified atom stereocenters. The highest BCUT2D eigenvalue weighted by Crippen LogP contribution is 2.31. The van der Waals surface area contributed by atoms with Crippen LogP contribution in [0.2, 0.25) is 0 Å². The molecule has 1 heterocycles. The summed E-state index contributed by atoms with van der Waals surface area (Å²) in [4.78, 5) is 16.8. The maximum atomic E-state index is 14.8. The number of anilines is 1. The van der Waals surface area contributed by atoms with E-state index in [1.807, 2.05) is 11.8 Å². The van der Waals surface area contributed by atoms with Crippen molar-refractivity contribution in [2.45, 2.75) is 17.9 Å². The van der Waals surface area contributed by atoms with Crippen molar-refractivity contribution in [3.05, 3.63) is 83.2 Å². The summed E-state index contributed by atoms with van der Waals surface area (Å²) in [7, 11) is -2.10. The molecule has 196 valence electrons. The number of rotatable bonds is 6. The van der Waals surface area contributed by atoms with Crippen LogP contribution in [0.3, 0.4) is 0 Å². The molecule has 1 fully saturated rings. The van der Waals surface area contributed by atoms with Crippen LogP contribution in [0.5, 0.6) is 0 Å². The Balaban J connectivity index is 1.60. The molecule has 1 aliphatic heterocycles. The van der Waals surface area contributed by atoms with E-state index >= 15 is 0 Å². The lowest BCUT2D eigenvalue weighted by Gasteiger charge is -2.36. The van der Waals surface area contributed by atoms with Gasteiger partial charge >= 0.3 is 0 Å². The lowest BCUT2D eigenvalue weighted by molar-refractivity contribution is 0.0747. The van der Waals surface area contributed by atoms with Gasteiger partial charge in [-0.2, -0.15) is 0 Å². The van der Waals surface area contributed by atoms with E-state index in [-0.39, 0.29) is 40.8 Å². The van der Waals surface area contributed by atoms with E-state index in [0.29, 0.717) is 30.4 Å². The van der Waals surface area contributed by atoms with E-state index in [2.05, 4.69) is 0 Å². The minimum Gasteiger partial charge on any atom is -0.377 e. The van der Waals surface area contributed by atoms with Crippen molar-refractivity contribution < 1.29 is 31.1 Å². The van der Waals surface area contributed by atoms with Crippen LogP contribution < -0.4 is 4.90 Å². The smallest absolute Gasteiger partial charge is 0.254 e. The molecule has 0 spiro atoms. The Morgan fingerprint density at radius 1 is 0.892 bits per heavy atom. The van der Waals surface area contributed by atoms with Crippen molar-refractivity contribution in [3.63, 3.8) is 0 Å². The second-order valence-electron chi connectivity index (χ2n) is 8.97. The fourth-order valence-corrected chi connectivity index (χ4v) is 5.01. The van der Waals surface area contributed by atoms with E-state index in [9.17, 15) is 26.4 Å². The van der Waals surface area contributed by atoms with Crippen LogP contribution in [0.15, 0.2) is 59.5 Å². The highest BCUT2D eigenvalue weighted by Gasteiger charge is 2.27. The van der Waals surface area contributed by atoms with Crippen molar-refractivity contribution in [2.75, 3.05) is 44.4 Å². The number of ether oxygens (including phenoxy) is 1. The number of halogens is 3. The number of benzene rings is 3. The van der Waals surface area contributed by atoms with Gasteiger partial charge in [-0.05, 0) is 54.4 Å². The summed E-state index contributed by atoms with van der Waals surface area (Å²) in [6.07, 6.45) is 0.765. The topological polar surface area (TPSA) is 66.9 Å². The van der Waals surface area contributed by atoms with Gasteiger partial charge in [0.25, 0.3) is 5.91 Å². The molecule has 0 saturated carbocycles. The Morgan fingerprint density at radius 3 is 2.16 bits per heavy atom. The van der Waals surface area contributed by atoms with Crippen LogP contribution in [-0.4, -0.2) is 58.8 Å². The Labute approximate surface area is 214 Å². The fraction of sp³-hybridized carbons (Fsp3) is 0.296. The number of nitrogens with zero attached hydrogens (tertiary/aromatic N) is 2. The van der Waals surface area contributed by atoms with E-state index in [4.69, 9.17) is 4.74 Å². The molecule has 0 aromatic heterocycles. The number of sulfone groups is 1. The van der Waals surface area contributed by atoms with Gasteiger partial charge in [-0.25, -0.2) is 21.6 Å². The van der Waals surface area contributed by atoms with Gasteiger partial charge in [0.15, 0.2) is 9.84 Å². The number of carbonyl (C=O) groups is 1. The summed E-state index contributed by atoms with van der Waals surface area (Å²) in [6.45, 7) is 2.98. The summed E-state index contributed by atoms with van der Waals surface area (Å²) in [5, 5.41) is 0. The van der Waals surface area contributed by atoms with Crippen LogP contribution in [-0.2, 0) is 14.6 Å². The second-order valence-corrected chi connectivity index (χ2v) is 11.0. The van der Waals surface area contributed by atoms with Crippen LogP contribution in [0.4, 0.5) is 18.9 Å². The van der Waals surface area contributed by atoms with Crippen molar-refractivity contribution in [3.8, 4) is 11.1 Å².